The van der Waals surface area contributed by atoms with Gasteiger partial charge in [-0.2, -0.15) is 5.10 Å². The summed E-state index contributed by atoms with van der Waals surface area (Å²) in [5, 5.41) is 5.11. The number of benzene rings is 2. The summed E-state index contributed by atoms with van der Waals surface area (Å²) in [5.41, 5.74) is 2.16. The summed E-state index contributed by atoms with van der Waals surface area (Å²) >= 11 is 12.1. The molecule has 0 atom stereocenters. The van der Waals surface area contributed by atoms with Gasteiger partial charge in [0.2, 0.25) is 0 Å². The summed E-state index contributed by atoms with van der Waals surface area (Å²) in [6.45, 7) is 0.279. The van der Waals surface area contributed by atoms with E-state index in [0.717, 1.165) is 11.1 Å². The molecule has 0 aliphatic rings. The number of halogens is 2. The molecule has 0 aliphatic carbocycles. The molecule has 5 nitrogen and oxygen atoms in total. The maximum absolute atomic E-state index is 12.1. The monoisotopic (exact) mass is 416 g/mol. The van der Waals surface area contributed by atoms with E-state index < -0.39 is 0 Å². The first-order valence-electron chi connectivity index (χ1n) is 8.42. The molecule has 0 fully saturated rings. The van der Waals surface area contributed by atoms with Gasteiger partial charge in [0.15, 0.2) is 17.3 Å². The Kier molecular flexibility index (Phi) is 6.39. The predicted octanol–water partition coefficient (Wildman–Crippen LogP) is 5.21. The number of allylic oxidation sites excluding steroid dienone is 1. The highest BCUT2D eigenvalue weighted by Gasteiger charge is 2.08. The van der Waals surface area contributed by atoms with Crippen molar-refractivity contribution in [1.29, 1.82) is 0 Å². The minimum Gasteiger partial charge on any atom is -0.493 e. The van der Waals surface area contributed by atoms with Crippen molar-refractivity contribution in [3.05, 3.63) is 81.6 Å². The largest absolute Gasteiger partial charge is 0.493 e. The van der Waals surface area contributed by atoms with Crippen molar-refractivity contribution in [2.24, 2.45) is 7.05 Å². The molecule has 3 aromatic rings. The molecule has 0 radical (unpaired) electrons. The number of hydrogen-bond acceptors (Lipinski definition) is 4. The van der Waals surface area contributed by atoms with Gasteiger partial charge in [-0.05, 0) is 35.9 Å². The van der Waals surface area contributed by atoms with Gasteiger partial charge in [-0.15, -0.1) is 0 Å². The third-order valence-corrected chi connectivity index (χ3v) is 4.59. The molecule has 1 heterocycles. The second-order valence-electron chi connectivity index (χ2n) is 6.03. The van der Waals surface area contributed by atoms with Crippen LogP contribution in [0.5, 0.6) is 11.5 Å². The van der Waals surface area contributed by atoms with E-state index >= 15 is 0 Å². The molecule has 0 aliphatic heterocycles. The second-order valence-corrected chi connectivity index (χ2v) is 6.88. The summed E-state index contributed by atoms with van der Waals surface area (Å²) in [5.74, 6) is 1.01. The molecule has 0 spiro atoms. The molecule has 0 unspecified atom stereocenters. The first-order chi connectivity index (χ1) is 13.5. The number of ether oxygens (including phenoxy) is 2. The molecule has 144 valence electrons. The average Bonchev–Trinajstić information content (AvgIpc) is 3.12. The quantitative estimate of drug-likeness (QED) is 0.391. The molecular weight excluding hydrogens is 399 g/mol. The summed E-state index contributed by atoms with van der Waals surface area (Å²) in [6, 6.07) is 10.7. The number of ketones is 1. The summed E-state index contributed by atoms with van der Waals surface area (Å²) in [7, 11) is 3.33. The van der Waals surface area contributed by atoms with E-state index in [-0.39, 0.29) is 12.4 Å². The standard InChI is InChI=1S/C21H18Cl2N2O3/c1-25-12-16(11-24-25)19(26)7-3-14-4-8-20(21(9-14)27-2)28-13-15-5-6-17(22)10-18(15)23/h3-12H,13H2,1-2H3. The molecule has 2 aromatic carbocycles. The van der Waals surface area contributed by atoms with Crippen molar-refractivity contribution in [3.63, 3.8) is 0 Å². The van der Waals surface area contributed by atoms with Crippen molar-refractivity contribution < 1.29 is 14.3 Å². The van der Waals surface area contributed by atoms with Gasteiger partial charge in [-0.3, -0.25) is 9.48 Å². The first kappa shape index (κ1) is 20.0. The summed E-state index contributed by atoms with van der Waals surface area (Å²) < 4.78 is 12.8. The Bertz CT molecular complexity index is 1030. The van der Waals surface area contributed by atoms with Crippen molar-refractivity contribution in [2.45, 2.75) is 6.61 Å². The number of carbonyl (C=O) groups is 1. The third kappa shape index (κ3) is 4.94. The predicted molar refractivity (Wildman–Crippen MR) is 110 cm³/mol. The number of aromatic nitrogens is 2. The Labute approximate surface area is 173 Å². The highest BCUT2D eigenvalue weighted by atomic mass is 35.5. The minimum absolute atomic E-state index is 0.121. The Hall–Kier alpha value is -2.76. The van der Waals surface area contributed by atoms with Gasteiger partial charge in [0.05, 0.1) is 18.9 Å². The van der Waals surface area contributed by atoms with Gasteiger partial charge in [0.1, 0.15) is 6.61 Å². The second kappa shape index (κ2) is 8.95. The number of carbonyl (C=O) groups excluding carboxylic acids is 1. The zero-order chi connectivity index (χ0) is 20.1. The summed E-state index contributed by atoms with van der Waals surface area (Å²) in [6.07, 6.45) is 6.43. The van der Waals surface area contributed by atoms with Gasteiger partial charge >= 0.3 is 0 Å². The van der Waals surface area contributed by atoms with Crippen LogP contribution in [0.2, 0.25) is 10.0 Å². The van der Waals surface area contributed by atoms with Gasteiger partial charge in [-0.1, -0.05) is 41.4 Å². The molecule has 28 heavy (non-hydrogen) atoms. The smallest absolute Gasteiger partial charge is 0.189 e. The number of methoxy groups -OCH3 is 1. The van der Waals surface area contributed by atoms with E-state index in [9.17, 15) is 4.79 Å². The number of aryl methyl sites for hydroxylation is 1. The molecule has 0 amide bonds. The van der Waals surface area contributed by atoms with Crippen LogP contribution < -0.4 is 9.47 Å². The minimum atomic E-state index is -0.121. The first-order valence-corrected chi connectivity index (χ1v) is 9.17. The van der Waals surface area contributed by atoms with Gasteiger partial charge in [0.25, 0.3) is 0 Å². The highest BCUT2D eigenvalue weighted by Crippen LogP contribution is 2.30. The van der Waals surface area contributed by atoms with E-state index in [4.69, 9.17) is 32.7 Å². The Morgan fingerprint density at radius 2 is 2.00 bits per heavy atom. The molecule has 1 aromatic heterocycles. The molecule has 0 saturated carbocycles. The number of rotatable bonds is 7. The third-order valence-electron chi connectivity index (χ3n) is 4.00. The van der Waals surface area contributed by atoms with Crippen molar-refractivity contribution >= 4 is 35.1 Å². The normalized spacial score (nSPS) is 11.0. The van der Waals surface area contributed by atoms with Crippen LogP contribution in [0.25, 0.3) is 6.08 Å². The lowest BCUT2D eigenvalue weighted by Gasteiger charge is -2.12. The maximum Gasteiger partial charge on any atom is 0.189 e. The van der Waals surface area contributed by atoms with E-state index in [0.29, 0.717) is 27.1 Å². The fraction of sp³-hybridized carbons (Fsp3) is 0.143. The van der Waals surface area contributed by atoms with Crippen molar-refractivity contribution in [1.82, 2.24) is 9.78 Å². The SMILES string of the molecule is COc1cc(C=CC(=O)c2cnn(C)c2)ccc1OCc1ccc(Cl)cc1Cl. The van der Waals surface area contributed by atoms with Crippen LogP contribution >= 0.6 is 23.2 Å². The number of hydrogen-bond donors (Lipinski definition) is 0. The lowest BCUT2D eigenvalue weighted by atomic mass is 10.1. The Balaban J connectivity index is 1.71. The Morgan fingerprint density at radius 1 is 1.18 bits per heavy atom. The molecular formula is C21H18Cl2N2O3. The fourth-order valence-corrected chi connectivity index (χ4v) is 2.98. The van der Waals surface area contributed by atoms with Crippen LogP contribution in [0.4, 0.5) is 0 Å². The Morgan fingerprint density at radius 3 is 2.68 bits per heavy atom. The topological polar surface area (TPSA) is 53.3 Å². The average molecular weight is 417 g/mol. The van der Waals surface area contributed by atoms with Crippen LogP contribution in [0, 0.1) is 0 Å². The lowest BCUT2D eigenvalue weighted by molar-refractivity contribution is 0.104. The number of nitrogens with zero attached hydrogens (tertiary/aromatic N) is 2. The zero-order valence-corrected chi connectivity index (χ0v) is 16.9. The van der Waals surface area contributed by atoms with E-state index in [1.54, 1.807) is 55.4 Å². The van der Waals surface area contributed by atoms with Crippen LogP contribution in [-0.2, 0) is 13.7 Å². The van der Waals surface area contributed by atoms with E-state index in [1.165, 1.54) is 12.3 Å². The molecule has 3 rings (SSSR count). The van der Waals surface area contributed by atoms with Crippen molar-refractivity contribution in [3.8, 4) is 11.5 Å². The molecule has 0 saturated heterocycles. The molecule has 0 bridgehead atoms. The molecule has 7 heteroatoms. The van der Waals surface area contributed by atoms with Gasteiger partial charge in [0, 0.05) is 28.9 Å². The highest BCUT2D eigenvalue weighted by molar-refractivity contribution is 6.35. The summed E-state index contributed by atoms with van der Waals surface area (Å²) in [4.78, 5) is 12.1. The lowest BCUT2D eigenvalue weighted by Crippen LogP contribution is -1.99. The molecule has 0 N–H and O–H groups in total. The van der Waals surface area contributed by atoms with Crippen LogP contribution in [0.15, 0.2) is 54.9 Å². The van der Waals surface area contributed by atoms with Crippen molar-refractivity contribution in [2.75, 3.05) is 7.11 Å². The van der Waals surface area contributed by atoms with E-state index in [1.807, 2.05) is 12.1 Å². The van der Waals surface area contributed by atoms with Gasteiger partial charge < -0.3 is 9.47 Å². The van der Waals surface area contributed by atoms with Gasteiger partial charge in [-0.25, -0.2) is 0 Å². The van der Waals surface area contributed by atoms with Crippen LogP contribution in [-0.4, -0.2) is 22.7 Å². The maximum atomic E-state index is 12.1. The van der Waals surface area contributed by atoms with E-state index in [2.05, 4.69) is 5.10 Å². The zero-order valence-electron chi connectivity index (χ0n) is 15.4. The fourth-order valence-electron chi connectivity index (χ4n) is 2.52. The van der Waals surface area contributed by atoms with Crippen LogP contribution in [0.3, 0.4) is 0 Å². The van der Waals surface area contributed by atoms with Crippen LogP contribution in [0.1, 0.15) is 21.5 Å².